The van der Waals surface area contributed by atoms with Gasteiger partial charge in [-0.1, -0.05) is 64.5 Å². The quantitative estimate of drug-likeness (QED) is 0.475. The number of fused-ring (bicyclic) bond motifs is 3. The number of ether oxygens (including phenoxy) is 1. The molecule has 0 fully saturated rings. The Hall–Kier alpha value is -3.19. The minimum atomic E-state index is -1.12. The number of nitrogens with one attached hydrogen (secondary N) is 1. The molecule has 4 rings (SSSR count). The molecule has 1 aliphatic carbocycles. The maximum atomic E-state index is 13.8. The van der Waals surface area contributed by atoms with Crippen molar-refractivity contribution < 1.29 is 23.8 Å². The standard InChI is InChI=1S/C24H19BrFNO4/c25-15-9-14(10-16(26)11-15)22(12-23(28)29)27-24(30)31-13-21-19-7-3-1-5-17(19)18-6-2-4-8-20(18)21/h1-11,21-22H,12-13H2,(H,27,30)(H,28,29)/t22-/m0/s1. The van der Waals surface area contributed by atoms with Gasteiger partial charge in [0.25, 0.3) is 0 Å². The van der Waals surface area contributed by atoms with Crippen LogP contribution in [-0.4, -0.2) is 23.8 Å². The van der Waals surface area contributed by atoms with Gasteiger partial charge in [-0.25, -0.2) is 9.18 Å². The second-order valence-corrected chi connectivity index (χ2v) is 8.24. The van der Waals surface area contributed by atoms with E-state index in [0.29, 0.717) is 10.0 Å². The molecule has 0 spiro atoms. The van der Waals surface area contributed by atoms with Gasteiger partial charge in [-0.3, -0.25) is 4.79 Å². The maximum absolute atomic E-state index is 13.8. The first kappa shape index (κ1) is 21.1. The molecule has 2 N–H and O–H groups in total. The number of carboxylic acids is 1. The van der Waals surface area contributed by atoms with E-state index in [1.807, 2.05) is 48.5 Å². The molecule has 158 valence electrons. The van der Waals surface area contributed by atoms with E-state index in [-0.39, 0.29) is 12.5 Å². The average Bonchev–Trinajstić information content (AvgIpc) is 3.05. The zero-order chi connectivity index (χ0) is 22.0. The molecule has 5 nitrogen and oxygen atoms in total. The number of hydrogen-bond acceptors (Lipinski definition) is 3. The molecule has 1 aliphatic rings. The molecular formula is C24H19BrFNO4. The highest BCUT2D eigenvalue weighted by atomic mass is 79.9. The van der Waals surface area contributed by atoms with Crippen LogP contribution in [0.2, 0.25) is 0 Å². The van der Waals surface area contributed by atoms with E-state index in [2.05, 4.69) is 21.2 Å². The predicted molar refractivity (Wildman–Crippen MR) is 117 cm³/mol. The fourth-order valence-corrected chi connectivity index (χ4v) is 4.47. The van der Waals surface area contributed by atoms with Crippen molar-refractivity contribution in [1.29, 1.82) is 0 Å². The van der Waals surface area contributed by atoms with Crippen molar-refractivity contribution in [1.82, 2.24) is 5.32 Å². The number of hydrogen-bond donors (Lipinski definition) is 2. The third-order valence-electron chi connectivity index (χ3n) is 5.30. The first-order valence-corrected chi connectivity index (χ1v) is 10.5. The lowest BCUT2D eigenvalue weighted by molar-refractivity contribution is -0.137. The van der Waals surface area contributed by atoms with Crippen molar-refractivity contribution in [3.63, 3.8) is 0 Å². The zero-order valence-electron chi connectivity index (χ0n) is 16.3. The third-order valence-corrected chi connectivity index (χ3v) is 5.76. The summed E-state index contributed by atoms with van der Waals surface area (Å²) in [4.78, 5) is 23.8. The first-order valence-electron chi connectivity index (χ1n) is 9.71. The van der Waals surface area contributed by atoms with Gasteiger partial charge >= 0.3 is 12.1 Å². The van der Waals surface area contributed by atoms with Gasteiger partial charge in [-0.15, -0.1) is 0 Å². The van der Waals surface area contributed by atoms with Crippen molar-refractivity contribution in [2.45, 2.75) is 18.4 Å². The number of carbonyl (C=O) groups excluding carboxylic acids is 1. The van der Waals surface area contributed by atoms with Crippen molar-refractivity contribution in [2.75, 3.05) is 6.61 Å². The number of rotatable bonds is 6. The Kier molecular flexibility index (Phi) is 6.04. The fourth-order valence-electron chi connectivity index (χ4n) is 3.99. The van der Waals surface area contributed by atoms with E-state index in [1.165, 1.54) is 12.1 Å². The number of benzene rings is 3. The van der Waals surface area contributed by atoms with Crippen LogP contribution in [0.3, 0.4) is 0 Å². The van der Waals surface area contributed by atoms with E-state index in [9.17, 15) is 19.1 Å². The molecule has 1 atom stereocenters. The molecule has 31 heavy (non-hydrogen) atoms. The molecule has 0 radical (unpaired) electrons. The highest BCUT2D eigenvalue weighted by Crippen LogP contribution is 2.44. The number of halogens is 2. The maximum Gasteiger partial charge on any atom is 0.407 e. The van der Waals surface area contributed by atoms with E-state index in [0.717, 1.165) is 22.3 Å². The van der Waals surface area contributed by atoms with Gasteiger partial charge in [0.1, 0.15) is 12.4 Å². The Morgan fingerprint density at radius 2 is 1.65 bits per heavy atom. The molecule has 3 aromatic rings. The van der Waals surface area contributed by atoms with Gasteiger partial charge in [-0.05, 0) is 46.0 Å². The van der Waals surface area contributed by atoms with Gasteiger partial charge in [0.2, 0.25) is 0 Å². The van der Waals surface area contributed by atoms with E-state index < -0.39 is 30.3 Å². The summed E-state index contributed by atoms with van der Waals surface area (Å²) >= 11 is 3.19. The Bertz CT molecular complexity index is 1080. The van der Waals surface area contributed by atoms with Crippen LogP contribution in [-0.2, 0) is 9.53 Å². The van der Waals surface area contributed by atoms with Crippen LogP contribution in [0.4, 0.5) is 9.18 Å². The smallest absolute Gasteiger partial charge is 0.407 e. The highest BCUT2D eigenvalue weighted by Gasteiger charge is 2.29. The minimum Gasteiger partial charge on any atom is -0.481 e. The number of alkyl carbamates (subject to hydrolysis) is 1. The summed E-state index contributed by atoms with van der Waals surface area (Å²) in [5.41, 5.74) is 4.71. The summed E-state index contributed by atoms with van der Waals surface area (Å²) in [5.74, 6) is -1.77. The molecular weight excluding hydrogens is 465 g/mol. The normalized spacial score (nSPS) is 13.2. The molecule has 0 unspecified atom stereocenters. The summed E-state index contributed by atoms with van der Waals surface area (Å²) in [6, 6.07) is 19.0. The monoisotopic (exact) mass is 483 g/mol. The summed E-state index contributed by atoms with van der Waals surface area (Å²) in [6.07, 6.45) is -1.16. The lowest BCUT2D eigenvalue weighted by Gasteiger charge is -2.19. The van der Waals surface area contributed by atoms with E-state index in [4.69, 9.17) is 4.74 Å². The molecule has 0 aromatic heterocycles. The lowest BCUT2D eigenvalue weighted by atomic mass is 9.98. The van der Waals surface area contributed by atoms with Crippen LogP contribution in [0.5, 0.6) is 0 Å². The van der Waals surface area contributed by atoms with Gasteiger partial charge in [-0.2, -0.15) is 0 Å². The SMILES string of the molecule is O=C(O)C[C@H](NC(=O)OCC1c2ccccc2-c2ccccc21)c1cc(F)cc(Br)c1. The minimum absolute atomic E-state index is 0.104. The lowest BCUT2D eigenvalue weighted by Crippen LogP contribution is -2.31. The highest BCUT2D eigenvalue weighted by molar-refractivity contribution is 9.10. The largest absolute Gasteiger partial charge is 0.481 e. The van der Waals surface area contributed by atoms with Gasteiger partial charge < -0.3 is 15.2 Å². The first-order chi connectivity index (χ1) is 14.9. The van der Waals surface area contributed by atoms with Crippen LogP contribution >= 0.6 is 15.9 Å². The molecule has 0 saturated heterocycles. The average molecular weight is 484 g/mol. The second kappa shape index (κ2) is 8.89. The topological polar surface area (TPSA) is 75.6 Å². The molecule has 1 amide bonds. The van der Waals surface area contributed by atoms with Crippen molar-refractivity contribution in [2.24, 2.45) is 0 Å². The Labute approximate surface area is 187 Å². The van der Waals surface area contributed by atoms with Crippen LogP contribution < -0.4 is 5.32 Å². The van der Waals surface area contributed by atoms with Crippen molar-refractivity contribution in [3.8, 4) is 11.1 Å². The number of amides is 1. The van der Waals surface area contributed by atoms with Crippen LogP contribution in [0.1, 0.15) is 35.1 Å². The van der Waals surface area contributed by atoms with Gasteiger partial charge in [0.15, 0.2) is 0 Å². The number of carbonyl (C=O) groups is 2. The van der Waals surface area contributed by atoms with Gasteiger partial charge in [0, 0.05) is 10.4 Å². The molecule has 0 aliphatic heterocycles. The van der Waals surface area contributed by atoms with E-state index in [1.54, 1.807) is 6.07 Å². The Morgan fingerprint density at radius 3 is 2.23 bits per heavy atom. The Balaban J connectivity index is 1.49. The van der Waals surface area contributed by atoms with Crippen molar-refractivity contribution >= 4 is 28.0 Å². The molecule has 7 heteroatoms. The molecule has 0 saturated carbocycles. The number of carboxylic acid groups (broad SMARTS) is 1. The van der Waals surface area contributed by atoms with Crippen LogP contribution in [0, 0.1) is 5.82 Å². The van der Waals surface area contributed by atoms with Crippen molar-refractivity contribution in [3.05, 3.63) is 93.7 Å². The Morgan fingerprint density at radius 1 is 1.03 bits per heavy atom. The fraction of sp³-hybridized carbons (Fsp3) is 0.167. The molecule has 0 bridgehead atoms. The van der Waals surface area contributed by atoms with Crippen LogP contribution in [0.25, 0.3) is 11.1 Å². The molecule has 3 aromatic carbocycles. The van der Waals surface area contributed by atoms with E-state index >= 15 is 0 Å². The van der Waals surface area contributed by atoms with Crippen LogP contribution in [0.15, 0.2) is 71.2 Å². The number of aliphatic carboxylic acids is 1. The third kappa shape index (κ3) is 4.61. The zero-order valence-corrected chi connectivity index (χ0v) is 17.9. The second-order valence-electron chi connectivity index (χ2n) is 7.32. The summed E-state index contributed by atoms with van der Waals surface area (Å²) in [5, 5.41) is 11.8. The predicted octanol–water partition coefficient (Wildman–Crippen LogP) is 5.64. The summed E-state index contributed by atoms with van der Waals surface area (Å²) < 4.78 is 19.7. The van der Waals surface area contributed by atoms with Gasteiger partial charge in [0.05, 0.1) is 12.5 Å². The summed E-state index contributed by atoms with van der Waals surface area (Å²) in [7, 11) is 0. The summed E-state index contributed by atoms with van der Waals surface area (Å²) in [6.45, 7) is 0.104. The molecule has 0 heterocycles.